The summed E-state index contributed by atoms with van der Waals surface area (Å²) in [6.45, 7) is 0. The fourth-order valence-corrected chi connectivity index (χ4v) is 2.34. The Labute approximate surface area is 133 Å². The SMILES string of the molecule is COc1ccc(Cl)cc1-c1nc(O)cc(-c2ccccc2)n1. The molecule has 22 heavy (non-hydrogen) atoms. The van der Waals surface area contributed by atoms with Gasteiger partial charge in [-0.1, -0.05) is 41.9 Å². The molecule has 3 aromatic rings. The van der Waals surface area contributed by atoms with Crippen molar-refractivity contribution in [1.82, 2.24) is 9.97 Å². The highest BCUT2D eigenvalue weighted by Gasteiger charge is 2.13. The third-order valence-electron chi connectivity index (χ3n) is 3.18. The molecule has 2 aromatic carbocycles. The largest absolute Gasteiger partial charge is 0.496 e. The summed E-state index contributed by atoms with van der Waals surface area (Å²) in [6, 6.07) is 16.3. The van der Waals surface area contributed by atoms with E-state index in [1.165, 1.54) is 6.07 Å². The molecule has 1 heterocycles. The monoisotopic (exact) mass is 312 g/mol. The van der Waals surface area contributed by atoms with Crippen LogP contribution in [0.3, 0.4) is 0 Å². The van der Waals surface area contributed by atoms with Crippen molar-refractivity contribution >= 4 is 11.6 Å². The lowest BCUT2D eigenvalue weighted by Crippen LogP contribution is -1.95. The second kappa shape index (κ2) is 6.03. The van der Waals surface area contributed by atoms with E-state index in [0.29, 0.717) is 27.9 Å². The van der Waals surface area contributed by atoms with E-state index < -0.39 is 0 Å². The molecule has 4 nitrogen and oxygen atoms in total. The summed E-state index contributed by atoms with van der Waals surface area (Å²) in [5.74, 6) is 0.845. The second-order valence-corrected chi connectivity index (χ2v) is 5.08. The Morgan fingerprint density at radius 3 is 2.50 bits per heavy atom. The number of halogens is 1. The third-order valence-corrected chi connectivity index (χ3v) is 3.42. The zero-order chi connectivity index (χ0) is 15.5. The Bertz CT molecular complexity index is 807. The van der Waals surface area contributed by atoms with E-state index in [2.05, 4.69) is 9.97 Å². The maximum atomic E-state index is 9.92. The van der Waals surface area contributed by atoms with Crippen LogP contribution in [0.5, 0.6) is 11.6 Å². The number of hydrogen-bond donors (Lipinski definition) is 1. The van der Waals surface area contributed by atoms with Crippen LogP contribution in [0.4, 0.5) is 0 Å². The van der Waals surface area contributed by atoms with Crippen molar-refractivity contribution in [3.8, 4) is 34.3 Å². The fraction of sp³-hybridized carbons (Fsp3) is 0.0588. The predicted octanol–water partition coefficient (Wildman–Crippen LogP) is 4.18. The van der Waals surface area contributed by atoms with Crippen molar-refractivity contribution in [3.63, 3.8) is 0 Å². The lowest BCUT2D eigenvalue weighted by atomic mass is 10.1. The Morgan fingerprint density at radius 1 is 1.00 bits per heavy atom. The molecule has 0 saturated carbocycles. The van der Waals surface area contributed by atoms with E-state index in [4.69, 9.17) is 16.3 Å². The first kappa shape index (κ1) is 14.4. The molecule has 0 amide bonds. The molecule has 0 aliphatic carbocycles. The molecule has 0 atom stereocenters. The predicted molar refractivity (Wildman–Crippen MR) is 86.1 cm³/mol. The molecule has 0 aliphatic rings. The van der Waals surface area contributed by atoms with Gasteiger partial charge in [0.05, 0.1) is 18.4 Å². The number of methoxy groups -OCH3 is 1. The number of ether oxygens (including phenoxy) is 1. The van der Waals surface area contributed by atoms with Crippen LogP contribution < -0.4 is 4.74 Å². The van der Waals surface area contributed by atoms with Crippen molar-refractivity contribution in [1.29, 1.82) is 0 Å². The van der Waals surface area contributed by atoms with Gasteiger partial charge < -0.3 is 9.84 Å². The topological polar surface area (TPSA) is 55.2 Å². The molecule has 110 valence electrons. The van der Waals surface area contributed by atoms with Gasteiger partial charge in [-0.3, -0.25) is 0 Å². The van der Waals surface area contributed by atoms with Crippen LogP contribution in [-0.4, -0.2) is 22.2 Å². The molecule has 0 spiro atoms. The van der Waals surface area contributed by atoms with Gasteiger partial charge in [0, 0.05) is 16.7 Å². The minimum Gasteiger partial charge on any atom is -0.496 e. The van der Waals surface area contributed by atoms with E-state index in [0.717, 1.165) is 5.56 Å². The molecular weight excluding hydrogens is 300 g/mol. The fourth-order valence-electron chi connectivity index (χ4n) is 2.17. The van der Waals surface area contributed by atoms with Gasteiger partial charge in [-0.25, -0.2) is 4.98 Å². The van der Waals surface area contributed by atoms with E-state index in [9.17, 15) is 5.11 Å². The summed E-state index contributed by atoms with van der Waals surface area (Å²) < 4.78 is 5.32. The number of nitrogens with zero attached hydrogens (tertiary/aromatic N) is 2. The number of aromatic nitrogens is 2. The van der Waals surface area contributed by atoms with Gasteiger partial charge in [0.25, 0.3) is 0 Å². The van der Waals surface area contributed by atoms with Crippen LogP contribution in [0.2, 0.25) is 5.02 Å². The standard InChI is InChI=1S/C17H13ClN2O2/c1-22-15-8-7-12(18)9-13(15)17-19-14(10-16(21)20-17)11-5-3-2-4-6-11/h2-10H,1H3,(H,19,20,21). The molecule has 1 N–H and O–H groups in total. The summed E-state index contributed by atoms with van der Waals surface area (Å²) in [6.07, 6.45) is 0. The molecule has 5 heteroatoms. The van der Waals surface area contributed by atoms with Crippen LogP contribution in [0.15, 0.2) is 54.6 Å². The van der Waals surface area contributed by atoms with Crippen LogP contribution in [0, 0.1) is 0 Å². The zero-order valence-electron chi connectivity index (χ0n) is 11.8. The maximum absolute atomic E-state index is 9.92. The highest BCUT2D eigenvalue weighted by Crippen LogP contribution is 2.32. The normalized spacial score (nSPS) is 10.5. The van der Waals surface area contributed by atoms with E-state index in [1.807, 2.05) is 30.3 Å². The first-order valence-electron chi connectivity index (χ1n) is 6.65. The highest BCUT2D eigenvalue weighted by atomic mass is 35.5. The number of hydrogen-bond acceptors (Lipinski definition) is 4. The Morgan fingerprint density at radius 2 is 1.77 bits per heavy atom. The van der Waals surface area contributed by atoms with Gasteiger partial charge in [-0.15, -0.1) is 0 Å². The number of rotatable bonds is 3. The highest BCUT2D eigenvalue weighted by molar-refractivity contribution is 6.30. The van der Waals surface area contributed by atoms with Gasteiger partial charge in [0.2, 0.25) is 5.88 Å². The summed E-state index contributed by atoms with van der Waals surface area (Å²) >= 11 is 6.05. The van der Waals surface area contributed by atoms with Crippen LogP contribution >= 0.6 is 11.6 Å². The Balaban J connectivity index is 2.17. The minimum atomic E-state index is -0.106. The molecule has 1 aromatic heterocycles. The molecule has 0 unspecified atom stereocenters. The van der Waals surface area contributed by atoms with Crippen molar-refractivity contribution < 1.29 is 9.84 Å². The van der Waals surface area contributed by atoms with Gasteiger partial charge in [-0.2, -0.15) is 4.98 Å². The maximum Gasteiger partial charge on any atom is 0.215 e. The molecule has 0 aliphatic heterocycles. The smallest absolute Gasteiger partial charge is 0.215 e. The molecule has 0 bridgehead atoms. The summed E-state index contributed by atoms with van der Waals surface area (Å²) in [7, 11) is 1.56. The third kappa shape index (κ3) is 2.87. The average molecular weight is 313 g/mol. The van der Waals surface area contributed by atoms with Crippen LogP contribution in [0.1, 0.15) is 0 Å². The molecule has 0 fully saturated rings. The van der Waals surface area contributed by atoms with Gasteiger partial charge in [0.1, 0.15) is 5.75 Å². The van der Waals surface area contributed by atoms with E-state index in [-0.39, 0.29) is 5.88 Å². The molecule has 3 rings (SSSR count). The van der Waals surface area contributed by atoms with Crippen LogP contribution in [0.25, 0.3) is 22.6 Å². The summed E-state index contributed by atoms with van der Waals surface area (Å²) in [4.78, 5) is 8.60. The van der Waals surface area contributed by atoms with Crippen molar-refractivity contribution in [3.05, 3.63) is 59.6 Å². The summed E-state index contributed by atoms with van der Waals surface area (Å²) in [5.41, 5.74) is 2.15. The number of aromatic hydroxyl groups is 1. The molecule has 0 saturated heterocycles. The van der Waals surface area contributed by atoms with Gasteiger partial charge in [-0.05, 0) is 18.2 Å². The zero-order valence-corrected chi connectivity index (χ0v) is 12.6. The lowest BCUT2D eigenvalue weighted by Gasteiger charge is -2.10. The Hall–Kier alpha value is -2.59. The van der Waals surface area contributed by atoms with Crippen molar-refractivity contribution in [2.45, 2.75) is 0 Å². The number of benzene rings is 2. The van der Waals surface area contributed by atoms with E-state index >= 15 is 0 Å². The quantitative estimate of drug-likeness (QED) is 0.788. The Kier molecular flexibility index (Phi) is 3.94. The van der Waals surface area contributed by atoms with Crippen molar-refractivity contribution in [2.75, 3.05) is 7.11 Å². The van der Waals surface area contributed by atoms with E-state index in [1.54, 1.807) is 25.3 Å². The molecule has 0 radical (unpaired) electrons. The van der Waals surface area contributed by atoms with Crippen LogP contribution in [-0.2, 0) is 0 Å². The second-order valence-electron chi connectivity index (χ2n) is 4.65. The van der Waals surface area contributed by atoms with Crippen molar-refractivity contribution in [2.24, 2.45) is 0 Å². The lowest BCUT2D eigenvalue weighted by molar-refractivity contribution is 0.415. The first-order valence-corrected chi connectivity index (χ1v) is 7.02. The van der Waals surface area contributed by atoms with Gasteiger partial charge >= 0.3 is 0 Å². The average Bonchev–Trinajstić information content (AvgIpc) is 2.55. The van der Waals surface area contributed by atoms with Gasteiger partial charge in [0.15, 0.2) is 5.82 Å². The molecular formula is C17H13ClN2O2. The minimum absolute atomic E-state index is 0.106. The summed E-state index contributed by atoms with van der Waals surface area (Å²) in [5, 5.41) is 10.5. The first-order chi connectivity index (χ1) is 10.7.